The number of nitrogens with zero attached hydrogens (tertiary/aromatic N) is 2. The van der Waals surface area contributed by atoms with Crippen molar-refractivity contribution in [2.75, 3.05) is 20.3 Å². The van der Waals surface area contributed by atoms with Crippen molar-refractivity contribution in [1.29, 1.82) is 0 Å². The van der Waals surface area contributed by atoms with Crippen molar-refractivity contribution < 1.29 is 4.74 Å². The number of rotatable bonds is 4. The highest BCUT2D eigenvalue weighted by Crippen LogP contribution is 2.17. The molecule has 5 heteroatoms. The number of ether oxygens (including phenoxy) is 1. The van der Waals surface area contributed by atoms with Crippen molar-refractivity contribution >= 4 is 0 Å². The molecule has 0 spiro atoms. The summed E-state index contributed by atoms with van der Waals surface area (Å²) in [6.45, 7) is 6.05. The second kappa shape index (κ2) is 5.63. The molecule has 1 aromatic rings. The number of nitrogens with one attached hydrogen (secondary N) is 1. The van der Waals surface area contributed by atoms with Crippen LogP contribution in [0.5, 0.6) is 0 Å². The van der Waals surface area contributed by atoms with Gasteiger partial charge >= 0.3 is 5.69 Å². The van der Waals surface area contributed by atoms with Crippen molar-refractivity contribution in [3.8, 4) is 0 Å². The number of likely N-dealkylation sites (N-methyl/N-ethyl adjacent to an activating group) is 1. The minimum absolute atomic E-state index is 0.160. The third-order valence-corrected chi connectivity index (χ3v) is 3.63. The lowest BCUT2D eigenvalue weighted by atomic mass is 9.99. The van der Waals surface area contributed by atoms with Crippen molar-refractivity contribution in [2.45, 2.75) is 32.9 Å². The molecule has 1 N–H and O–H groups in total. The van der Waals surface area contributed by atoms with E-state index in [0.717, 1.165) is 31.0 Å². The molecule has 1 aliphatic heterocycles. The summed E-state index contributed by atoms with van der Waals surface area (Å²) in [5, 5.41) is 3.29. The average Bonchev–Trinajstić information content (AvgIpc) is 2.81. The molecule has 1 fully saturated rings. The summed E-state index contributed by atoms with van der Waals surface area (Å²) in [5.74, 6) is 0.475. The molecule has 2 unspecified atom stereocenters. The molecular formula is C13H21N3O2. The first-order valence-corrected chi connectivity index (χ1v) is 6.42. The molecule has 0 saturated carbocycles. The van der Waals surface area contributed by atoms with Gasteiger partial charge in [0.2, 0.25) is 0 Å². The second-order valence-corrected chi connectivity index (χ2v) is 4.95. The van der Waals surface area contributed by atoms with Crippen LogP contribution < -0.4 is 11.0 Å². The third kappa shape index (κ3) is 2.79. The van der Waals surface area contributed by atoms with Crippen LogP contribution in [0.25, 0.3) is 0 Å². The van der Waals surface area contributed by atoms with E-state index in [1.165, 1.54) is 0 Å². The normalized spacial score (nSPS) is 21.2. The number of hydrogen-bond acceptors (Lipinski definition) is 4. The second-order valence-electron chi connectivity index (χ2n) is 4.95. The first-order chi connectivity index (χ1) is 8.61. The Balaban J connectivity index is 2.19. The van der Waals surface area contributed by atoms with Crippen LogP contribution in [0.3, 0.4) is 0 Å². The Morgan fingerprint density at radius 3 is 2.94 bits per heavy atom. The molecule has 0 radical (unpaired) electrons. The van der Waals surface area contributed by atoms with Crippen LogP contribution in [0.2, 0.25) is 0 Å². The van der Waals surface area contributed by atoms with Gasteiger partial charge in [0.05, 0.1) is 6.61 Å². The molecular weight excluding hydrogens is 230 g/mol. The Morgan fingerprint density at radius 2 is 2.39 bits per heavy atom. The Bertz CT molecular complexity index is 464. The molecule has 2 atom stereocenters. The summed E-state index contributed by atoms with van der Waals surface area (Å²) >= 11 is 0. The van der Waals surface area contributed by atoms with Gasteiger partial charge in [-0.3, -0.25) is 4.57 Å². The maximum atomic E-state index is 11.9. The summed E-state index contributed by atoms with van der Waals surface area (Å²) in [7, 11) is 1.94. The fourth-order valence-electron chi connectivity index (χ4n) is 2.54. The fourth-order valence-corrected chi connectivity index (χ4v) is 2.54. The van der Waals surface area contributed by atoms with Crippen LogP contribution in [-0.2, 0) is 11.3 Å². The lowest BCUT2D eigenvalue weighted by molar-refractivity contribution is 0.174. The largest absolute Gasteiger partial charge is 0.381 e. The van der Waals surface area contributed by atoms with Gasteiger partial charge < -0.3 is 10.1 Å². The molecule has 1 aromatic heterocycles. The predicted octanol–water partition coefficient (Wildman–Crippen LogP) is 0.485. The van der Waals surface area contributed by atoms with Gasteiger partial charge in [-0.2, -0.15) is 4.98 Å². The van der Waals surface area contributed by atoms with E-state index in [-0.39, 0.29) is 11.7 Å². The van der Waals surface area contributed by atoms with Crippen LogP contribution in [-0.4, -0.2) is 35.9 Å². The minimum atomic E-state index is -0.160. The molecule has 18 heavy (non-hydrogen) atoms. The quantitative estimate of drug-likeness (QED) is 0.846. The Labute approximate surface area is 107 Å². The zero-order valence-corrected chi connectivity index (χ0v) is 11.3. The summed E-state index contributed by atoms with van der Waals surface area (Å²) in [6.07, 6.45) is 1.05. The molecule has 0 bridgehead atoms. The van der Waals surface area contributed by atoms with E-state index in [1.54, 1.807) is 4.57 Å². The Morgan fingerprint density at radius 1 is 1.61 bits per heavy atom. The molecule has 0 aliphatic carbocycles. The van der Waals surface area contributed by atoms with Crippen molar-refractivity contribution in [3.63, 3.8) is 0 Å². The molecule has 0 amide bonds. The standard InChI is InChI=1S/C13H21N3O2/c1-9-6-10(2)16(13(17)15-9)7-12(14-3)11-4-5-18-8-11/h6,11-12,14H,4-5,7-8H2,1-3H3. The lowest BCUT2D eigenvalue weighted by Gasteiger charge is -2.23. The van der Waals surface area contributed by atoms with Crippen LogP contribution in [0.4, 0.5) is 0 Å². The first kappa shape index (κ1) is 13.2. The molecule has 2 heterocycles. The zero-order valence-electron chi connectivity index (χ0n) is 11.3. The molecule has 5 nitrogen and oxygen atoms in total. The van der Waals surface area contributed by atoms with Crippen LogP contribution >= 0.6 is 0 Å². The molecule has 0 aromatic carbocycles. The lowest BCUT2D eigenvalue weighted by Crippen LogP contribution is -2.41. The number of aryl methyl sites for hydroxylation is 2. The predicted molar refractivity (Wildman–Crippen MR) is 69.7 cm³/mol. The smallest absolute Gasteiger partial charge is 0.348 e. The van der Waals surface area contributed by atoms with Crippen LogP contribution in [0, 0.1) is 19.8 Å². The molecule has 2 rings (SSSR count). The highest BCUT2D eigenvalue weighted by molar-refractivity contribution is 5.07. The van der Waals surface area contributed by atoms with Crippen molar-refractivity contribution in [3.05, 3.63) is 27.9 Å². The topological polar surface area (TPSA) is 56.2 Å². The van der Waals surface area contributed by atoms with E-state index < -0.39 is 0 Å². The first-order valence-electron chi connectivity index (χ1n) is 6.42. The van der Waals surface area contributed by atoms with Crippen LogP contribution in [0.1, 0.15) is 17.8 Å². The van der Waals surface area contributed by atoms with Gasteiger partial charge in [0, 0.05) is 36.5 Å². The summed E-state index contributed by atoms with van der Waals surface area (Å²) in [6, 6.07) is 2.20. The number of aromatic nitrogens is 2. The zero-order chi connectivity index (χ0) is 13.1. The summed E-state index contributed by atoms with van der Waals surface area (Å²) < 4.78 is 7.16. The Kier molecular flexibility index (Phi) is 4.14. The van der Waals surface area contributed by atoms with E-state index in [2.05, 4.69) is 10.3 Å². The summed E-state index contributed by atoms with van der Waals surface area (Å²) in [4.78, 5) is 15.9. The Hall–Kier alpha value is -1.20. The van der Waals surface area contributed by atoms with Crippen molar-refractivity contribution in [1.82, 2.24) is 14.9 Å². The van der Waals surface area contributed by atoms with E-state index >= 15 is 0 Å². The maximum Gasteiger partial charge on any atom is 0.348 e. The molecule has 100 valence electrons. The molecule has 1 saturated heterocycles. The fraction of sp³-hybridized carbons (Fsp3) is 0.692. The van der Waals surface area contributed by atoms with Gasteiger partial charge in [-0.05, 0) is 33.4 Å². The van der Waals surface area contributed by atoms with Gasteiger partial charge in [0.25, 0.3) is 0 Å². The van der Waals surface area contributed by atoms with Gasteiger partial charge in [0.15, 0.2) is 0 Å². The van der Waals surface area contributed by atoms with E-state index in [9.17, 15) is 4.79 Å². The summed E-state index contributed by atoms with van der Waals surface area (Å²) in [5.41, 5.74) is 1.58. The van der Waals surface area contributed by atoms with E-state index in [1.807, 2.05) is 27.0 Å². The highest BCUT2D eigenvalue weighted by Gasteiger charge is 2.25. The van der Waals surface area contributed by atoms with E-state index in [4.69, 9.17) is 4.74 Å². The van der Waals surface area contributed by atoms with Gasteiger partial charge in [0.1, 0.15) is 0 Å². The van der Waals surface area contributed by atoms with Crippen molar-refractivity contribution in [2.24, 2.45) is 5.92 Å². The van der Waals surface area contributed by atoms with Gasteiger partial charge in [-0.25, -0.2) is 4.79 Å². The SMILES string of the molecule is CNC(Cn1c(C)cc(C)nc1=O)C1CCOC1. The van der Waals surface area contributed by atoms with E-state index in [0.29, 0.717) is 12.5 Å². The third-order valence-electron chi connectivity index (χ3n) is 3.63. The van der Waals surface area contributed by atoms with Gasteiger partial charge in [-0.1, -0.05) is 0 Å². The maximum absolute atomic E-state index is 11.9. The molecule has 1 aliphatic rings. The van der Waals surface area contributed by atoms with Crippen LogP contribution in [0.15, 0.2) is 10.9 Å². The minimum Gasteiger partial charge on any atom is -0.381 e. The highest BCUT2D eigenvalue weighted by atomic mass is 16.5. The number of hydrogen-bond donors (Lipinski definition) is 1. The average molecular weight is 251 g/mol. The van der Waals surface area contributed by atoms with Gasteiger partial charge in [-0.15, -0.1) is 0 Å². The monoisotopic (exact) mass is 251 g/mol.